The Morgan fingerprint density at radius 3 is 3.00 bits per heavy atom. The molecule has 6 nitrogen and oxygen atoms in total. The lowest BCUT2D eigenvalue weighted by Crippen LogP contribution is -1.92. The molecule has 4 heterocycles. The van der Waals surface area contributed by atoms with Crippen LogP contribution >= 0.6 is 23.1 Å². The Bertz CT molecular complexity index is 1280. The molecular formula is C20H18N6S2. The van der Waals surface area contributed by atoms with Gasteiger partial charge in [-0.3, -0.25) is 0 Å². The van der Waals surface area contributed by atoms with Crippen molar-refractivity contribution in [3.05, 3.63) is 46.9 Å². The summed E-state index contributed by atoms with van der Waals surface area (Å²) >= 11 is 3.47. The van der Waals surface area contributed by atoms with Crippen molar-refractivity contribution in [3.63, 3.8) is 0 Å². The Morgan fingerprint density at radius 1 is 1.11 bits per heavy atom. The average Bonchev–Trinajstić information content (AvgIpc) is 3.36. The van der Waals surface area contributed by atoms with E-state index in [1.807, 2.05) is 40.1 Å². The number of thioether (sulfide) groups is 1. The predicted octanol–water partition coefficient (Wildman–Crippen LogP) is 4.78. The van der Waals surface area contributed by atoms with Gasteiger partial charge in [0.1, 0.15) is 11.2 Å². The van der Waals surface area contributed by atoms with Crippen LogP contribution in [0.25, 0.3) is 26.9 Å². The van der Waals surface area contributed by atoms with E-state index in [0.29, 0.717) is 5.75 Å². The summed E-state index contributed by atoms with van der Waals surface area (Å²) in [6.45, 7) is 0. The second-order valence-corrected chi connectivity index (χ2v) is 9.18. The molecule has 140 valence electrons. The van der Waals surface area contributed by atoms with Crippen LogP contribution in [-0.4, -0.2) is 29.5 Å². The molecule has 28 heavy (non-hydrogen) atoms. The zero-order chi connectivity index (χ0) is 18.5. The van der Waals surface area contributed by atoms with Gasteiger partial charge in [0.2, 0.25) is 0 Å². The van der Waals surface area contributed by atoms with E-state index < -0.39 is 0 Å². The Balaban J connectivity index is 1.36. The Kier molecular flexibility index (Phi) is 3.87. The molecule has 0 saturated heterocycles. The number of hydrogen-bond acceptors (Lipinski definition) is 6. The molecule has 0 radical (unpaired) electrons. The smallest absolute Gasteiger partial charge is 0.167 e. The molecule has 0 unspecified atom stereocenters. The molecule has 0 aliphatic heterocycles. The van der Waals surface area contributed by atoms with E-state index in [2.05, 4.69) is 20.1 Å². The first kappa shape index (κ1) is 16.5. The Hall–Kier alpha value is -2.45. The highest BCUT2D eigenvalue weighted by Crippen LogP contribution is 2.36. The fourth-order valence-corrected chi connectivity index (χ4v) is 5.92. The topological polar surface area (TPSA) is 71.8 Å². The van der Waals surface area contributed by atoms with Gasteiger partial charge >= 0.3 is 0 Å². The van der Waals surface area contributed by atoms with Crippen molar-refractivity contribution < 1.29 is 0 Å². The lowest BCUT2D eigenvalue weighted by Gasteiger charge is -1.98. The number of nitrogens with zero attached hydrogens (tertiary/aromatic N) is 5. The lowest BCUT2D eigenvalue weighted by atomic mass is 10.1. The van der Waals surface area contributed by atoms with E-state index >= 15 is 0 Å². The molecule has 1 aliphatic rings. The Labute approximate surface area is 169 Å². The highest BCUT2D eigenvalue weighted by Gasteiger charge is 2.20. The molecule has 0 atom stereocenters. The maximum atomic E-state index is 4.88. The number of aromatic nitrogens is 6. The molecule has 1 aromatic carbocycles. The third kappa shape index (κ3) is 2.70. The van der Waals surface area contributed by atoms with Crippen LogP contribution in [0.2, 0.25) is 0 Å². The monoisotopic (exact) mass is 406 g/mol. The molecule has 1 N–H and O–H groups in total. The molecule has 0 bridgehead atoms. The second-order valence-electron chi connectivity index (χ2n) is 7.13. The van der Waals surface area contributed by atoms with Crippen molar-refractivity contribution in [2.45, 2.75) is 43.0 Å². The summed E-state index contributed by atoms with van der Waals surface area (Å²) in [5.74, 6) is 1.49. The van der Waals surface area contributed by atoms with E-state index in [1.165, 1.54) is 41.5 Å². The fourth-order valence-electron chi connectivity index (χ4n) is 3.97. The fraction of sp³-hybridized carbons (Fsp3) is 0.300. The number of nitrogens with one attached hydrogen (secondary N) is 1. The van der Waals surface area contributed by atoms with Crippen LogP contribution in [0, 0.1) is 0 Å². The van der Waals surface area contributed by atoms with Crippen LogP contribution in [0.15, 0.2) is 35.7 Å². The number of benzene rings is 1. The zero-order valence-corrected chi connectivity index (χ0v) is 16.8. The minimum absolute atomic E-state index is 0.676. The average molecular weight is 407 g/mol. The van der Waals surface area contributed by atoms with Crippen molar-refractivity contribution in [2.24, 2.45) is 0 Å². The summed E-state index contributed by atoms with van der Waals surface area (Å²) in [4.78, 5) is 20.1. The molecule has 0 fully saturated rings. The normalized spacial score (nSPS) is 14.7. The number of para-hydroxylation sites is 2. The van der Waals surface area contributed by atoms with E-state index in [-0.39, 0.29) is 0 Å². The summed E-state index contributed by atoms with van der Waals surface area (Å²) in [5, 5.41) is 6.78. The lowest BCUT2D eigenvalue weighted by molar-refractivity contribution is 0.713. The van der Waals surface area contributed by atoms with Crippen LogP contribution in [0.1, 0.15) is 35.5 Å². The van der Waals surface area contributed by atoms with Crippen molar-refractivity contribution >= 4 is 50.0 Å². The van der Waals surface area contributed by atoms with Gasteiger partial charge in [-0.1, -0.05) is 30.3 Å². The van der Waals surface area contributed by atoms with Crippen LogP contribution in [0.5, 0.6) is 0 Å². The Morgan fingerprint density at radius 2 is 2.04 bits per heavy atom. The van der Waals surface area contributed by atoms with Gasteiger partial charge in [-0.2, -0.15) is 0 Å². The van der Waals surface area contributed by atoms with Gasteiger partial charge < -0.3 is 4.98 Å². The molecule has 0 saturated carbocycles. The van der Waals surface area contributed by atoms with Gasteiger partial charge in [0.05, 0.1) is 22.2 Å². The first-order chi connectivity index (χ1) is 13.8. The minimum atomic E-state index is 0.676. The highest BCUT2D eigenvalue weighted by atomic mass is 32.2. The molecule has 4 aromatic heterocycles. The summed E-state index contributed by atoms with van der Waals surface area (Å²) < 4.78 is 1.84. The van der Waals surface area contributed by atoms with Crippen molar-refractivity contribution in [2.75, 3.05) is 0 Å². The third-order valence-electron chi connectivity index (χ3n) is 5.29. The molecule has 8 heteroatoms. The zero-order valence-electron chi connectivity index (χ0n) is 15.2. The van der Waals surface area contributed by atoms with E-state index in [9.17, 15) is 0 Å². The largest absolute Gasteiger partial charge is 0.333 e. The molecule has 1 aliphatic carbocycles. The van der Waals surface area contributed by atoms with Crippen molar-refractivity contribution in [3.8, 4) is 0 Å². The van der Waals surface area contributed by atoms with Gasteiger partial charge in [-0.25, -0.2) is 19.5 Å². The third-order valence-corrected chi connectivity index (χ3v) is 7.36. The number of H-pyrrole nitrogens is 1. The second kappa shape index (κ2) is 6.56. The van der Waals surface area contributed by atoms with Gasteiger partial charge in [0, 0.05) is 4.88 Å². The van der Waals surface area contributed by atoms with Gasteiger partial charge in [0.25, 0.3) is 0 Å². The molecular weight excluding hydrogens is 388 g/mol. The molecule has 5 aromatic rings. The van der Waals surface area contributed by atoms with Crippen LogP contribution in [-0.2, 0) is 18.6 Å². The van der Waals surface area contributed by atoms with E-state index in [4.69, 9.17) is 4.98 Å². The van der Waals surface area contributed by atoms with Crippen LogP contribution in [0.4, 0.5) is 0 Å². The van der Waals surface area contributed by atoms with Gasteiger partial charge in [0.15, 0.2) is 16.6 Å². The number of aromatic amines is 1. The van der Waals surface area contributed by atoms with E-state index in [0.717, 1.165) is 38.9 Å². The number of imidazole rings is 1. The first-order valence-corrected chi connectivity index (χ1v) is 11.4. The van der Waals surface area contributed by atoms with Gasteiger partial charge in [-0.05, 0) is 43.4 Å². The standard InChI is InChI=1S/C20H18N6S2/c1-2-6-12-15(9-3-1)28-19-17(12)18-24-16(25-26(18)11-21-19)10-27-20-22-13-7-4-5-8-14(13)23-20/h4-5,7-8,11H,1-3,6,9-10H2,(H,22,23). The minimum Gasteiger partial charge on any atom is -0.333 e. The molecule has 6 rings (SSSR count). The summed E-state index contributed by atoms with van der Waals surface area (Å²) in [5.41, 5.74) is 4.45. The first-order valence-electron chi connectivity index (χ1n) is 9.57. The number of hydrogen-bond donors (Lipinski definition) is 1. The summed E-state index contributed by atoms with van der Waals surface area (Å²) in [7, 11) is 0. The van der Waals surface area contributed by atoms with Crippen molar-refractivity contribution in [1.82, 2.24) is 29.5 Å². The van der Waals surface area contributed by atoms with Gasteiger partial charge in [-0.15, -0.1) is 16.4 Å². The number of aryl methyl sites for hydroxylation is 2. The van der Waals surface area contributed by atoms with Crippen molar-refractivity contribution in [1.29, 1.82) is 0 Å². The van der Waals surface area contributed by atoms with Crippen LogP contribution < -0.4 is 0 Å². The number of rotatable bonds is 3. The SMILES string of the molecule is c1ccc2[nH]c(SCc3nc4c5c6c(sc5ncn4n3)CCCCC6)nc2c1. The van der Waals surface area contributed by atoms with E-state index in [1.54, 1.807) is 18.1 Å². The number of fused-ring (bicyclic) bond motifs is 6. The summed E-state index contributed by atoms with van der Waals surface area (Å²) in [6.07, 6.45) is 7.95. The molecule has 0 amide bonds. The summed E-state index contributed by atoms with van der Waals surface area (Å²) in [6, 6.07) is 8.08. The number of thiophene rings is 1. The van der Waals surface area contributed by atoms with Crippen LogP contribution in [0.3, 0.4) is 0 Å². The highest BCUT2D eigenvalue weighted by molar-refractivity contribution is 7.98. The quantitative estimate of drug-likeness (QED) is 0.345. The maximum Gasteiger partial charge on any atom is 0.167 e. The maximum absolute atomic E-state index is 4.88. The molecule has 0 spiro atoms. The predicted molar refractivity (Wildman–Crippen MR) is 113 cm³/mol.